The van der Waals surface area contributed by atoms with Crippen molar-refractivity contribution in [3.8, 4) is 11.3 Å². The van der Waals surface area contributed by atoms with Crippen molar-refractivity contribution < 1.29 is 9.18 Å². The van der Waals surface area contributed by atoms with Crippen molar-refractivity contribution in [3.63, 3.8) is 0 Å². The van der Waals surface area contributed by atoms with Crippen molar-refractivity contribution in [3.05, 3.63) is 70.1 Å². The van der Waals surface area contributed by atoms with Gasteiger partial charge in [0.2, 0.25) is 4.80 Å². The number of halogens is 1. The zero-order chi connectivity index (χ0) is 18.3. The van der Waals surface area contributed by atoms with Crippen LogP contribution in [0.1, 0.15) is 5.56 Å². The van der Waals surface area contributed by atoms with Gasteiger partial charge in [-0.1, -0.05) is 30.3 Å². The molecular formula is C19H15FN4OS. The first-order valence-corrected chi connectivity index (χ1v) is 8.84. The van der Waals surface area contributed by atoms with Crippen LogP contribution in [-0.4, -0.2) is 30.4 Å². The third kappa shape index (κ3) is 2.48. The maximum Gasteiger partial charge on any atom is 0.279 e. The summed E-state index contributed by atoms with van der Waals surface area (Å²) >= 11 is 1.34. The Morgan fingerprint density at radius 1 is 1.04 bits per heavy atom. The van der Waals surface area contributed by atoms with Crippen LogP contribution in [0.4, 0.5) is 10.1 Å². The van der Waals surface area contributed by atoms with Crippen LogP contribution < -0.4 is 9.70 Å². The Labute approximate surface area is 153 Å². The maximum atomic E-state index is 14.3. The molecule has 0 saturated heterocycles. The van der Waals surface area contributed by atoms with E-state index in [2.05, 4.69) is 10.1 Å². The monoisotopic (exact) mass is 366 g/mol. The second kappa shape index (κ2) is 6.34. The fourth-order valence-corrected chi connectivity index (χ4v) is 3.74. The predicted octanol–water partition coefficient (Wildman–Crippen LogP) is 3.12. The van der Waals surface area contributed by atoms with Crippen molar-refractivity contribution in [2.45, 2.75) is 0 Å². The van der Waals surface area contributed by atoms with Crippen LogP contribution in [0.25, 0.3) is 11.3 Å². The van der Waals surface area contributed by atoms with Crippen LogP contribution in [0.15, 0.2) is 64.0 Å². The first-order valence-electron chi connectivity index (χ1n) is 7.96. The summed E-state index contributed by atoms with van der Waals surface area (Å²) in [5, 5.41) is 6.36. The van der Waals surface area contributed by atoms with Gasteiger partial charge >= 0.3 is 0 Å². The lowest BCUT2D eigenvalue weighted by molar-refractivity contribution is -0.112. The van der Waals surface area contributed by atoms with Crippen LogP contribution >= 0.6 is 11.3 Å². The van der Waals surface area contributed by atoms with Crippen LogP contribution in [-0.2, 0) is 4.79 Å². The smallest absolute Gasteiger partial charge is 0.279 e. The molecule has 0 radical (unpaired) electrons. The standard InChI is InChI=1S/C19H15FN4OS/c1-21-19-24(16(11-26-19)12-7-3-5-9-14(12)20)22-17-13-8-4-6-10-15(13)23(2)18(17)25/h3-11H,1-2H3. The van der Waals surface area contributed by atoms with Gasteiger partial charge in [0.25, 0.3) is 5.91 Å². The van der Waals surface area contributed by atoms with Crippen LogP contribution in [0.3, 0.4) is 0 Å². The van der Waals surface area contributed by atoms with Crippen molar-refractivity contribution in [2.24, 2.45) is 10.1 Å². The van der Waals surface area contributed by atoms with Crippen LogP contribution in [0.2, 0.25) is 0 Å². The van der Waals surface area contributed by atoms with E-state index >= 15 is 0 Å². The highest BCUT2D eigenvalue weighted by Gasteiger charge is 2.31. The molecule has 0 atom stereocenters. The topological polar surface area (TPSA) is 50.0 Å². The molecule has 0 aliphatic carbocycles. The van der Waals surface area contributed by atoms with Gasteiger partial charge in [-0.2, -0.15) is 5.10 Å². The molecule has 0 spiro atoms. The van der Waals surface area contributed by atoms with Gasteiger partial charge in [-0.15, -0.1) is 11.3 Å². The number of amides is 1. The van der Waals surface area contributed by atoms with E-state index in [9.17, 15) is 9.18 Å². The number of hydrogen-bond acceptors (Lipinski definition) is 4. The second-order valence-corrected chi connectivity index (χ2v) is 6.59. The Kier molecular flexibility index (Phi) is 4.00. The number of para-hydroxylation sites is 1. The minimum atomic E-state index is -0.350. The molecule has 130 valence electrons. The number of likely N-dealkylation sites (N-methyl/N-ethyl adjacent to an activating group) is 1. The van der Waals surface area contributed by atoms with Gasteiger partial charge in [-0.25, -0.2) is 9.07 Å². The summed E-state index contributed by atoms with van der Waals surface area (Å²) in [7, 11) is 3.36. The molecule has 2 heterocycles. The van der Waals surface area contributed by atoms with Gasteiger partial charge in [0, 0.05) is 30.6 Å². The molecule has 26 heavy (non-hydrogen) atoms. The minimum Gasteiger partial charge on any atom is -0.309 e. The van der Waals surface area contributed by atoms with Crippen LogP contribution in [0, 0.1) is 5.82 Å². The third-order valence-electron chi connectivity index (χ3n) is 4.25. The molecule has 7 heteroatoms. The highest BCUT2D eigenvalue weighted by Crippen LogP contribution is 2.29. The van der Waals surface area contributed by atoms with Gasteiger partial charge in [-0.05, 0) is 18.2 Å². The van der Waals surface area contributed by atoms with Crippen LogP contribution in [0.5, 0.6) is 0 Å². The number of benzene rings is 2. The lowest BCUT2D eigenvalue weighted by Crippen LogP contribution is -2.27. The normalized spacial score (nSPS) is 15.8. The molecule has 0 saturated carbocycles. The molecule has 1 aromatic heterocycles. The number of nitrogens with zero attached hydrogens (tertiary/aromatic N) is 4. The highest BCUT2D eigenvalue weighted by molar-refractivity contribution is 7.07. The summed E-state index contributed by atoms with van der Waals surface area (Å²) in [6.45, 7) is 0. The summed E-state index contributed by atoms with van der Waals surface area (Å²) < 4.78 is 15.8. The highest BCUT2D eigenvalue weighted by atomic mass is 32.1. The Hall–Kier alpha value is -3.06. The molecule has 1 aliphatic heterocycles. The van der Waals surface area contributed by atoms with E-state index in [1.165, 1.54) is 22.1 Å². The molecule has 1 aliphatic rings. The summed E-state index contributed by atoms with van der Waals surface area (Å²) in [6, 6.07) is 14.0. The molecular weight excluding hydrogens is 351 g/mol. The Balaban J connectivity index is 1.96. The quantitative estimate of drug-likeness (QED) is 0.687. The average Bonchev–Trinajstić information content (AvgIpc) is 3.17. The number of hydrogen-bond donors (Lipinski definition) is 0. The largest absolute Gasteiger partial charge is 0.309 e. The SMILES string of the molecule is CN=c1scc(-c2ccccc2F)n1N=C1C(=O)N(C)c2ccccc21. The van der Waals surface area contributed by atoms with E-state index in [0.717, 1.165) is 11.3 Å². The number of aromatic nitrogens is 1. The van der Waals surface area contributed by atoms with E-state index in [0.29, 0.717) is 21.8 Å². The second-order valence-electron chi connectivity index (χ2n) is 5.75. The summed E-state index contributed by atoms with van der Waals surface area (Å²) in [5.74, 6) is -0.552. The maximum absolute atomic E-state index is 14.3. The molecule has 3 aromatic rings. The third-order valence-corrected chi connectivity index (χ3v) is 5.16. The fraction of sp³-hybridized carbons (Fsp3) is 0.105. The van der Waals surface area contributed by atoms with Crippen molar-refractivity contribution >= 4 is 28.6 Å². The number of thiazole rings is 1. The zero-order valence-electron chi connectivity index (χ0n) is 14.2. The molecule has 4 rings (SSSR count). The first-order chi connectivity index (χ1) is 12.6. The lowest BCUT2D eigenvalue weighted by atomic mass is 10.1. The van der Waals surface area contributed by atoms with Crippen molar-refractivity contribution in [1.29, 1.82) is 0 Å². The molecule has 0 N–H and O–H groups in total. The zero-order valence-corrected chi connectivity index (χ0v) is 15.0. The number of anilines is 1. The summed E-state index contributed by atoms with van der Waals surface area (Å²) in [4.78, 5) is 19.0. The number of carbonyl (C=O) groups excluding carboxylic acids is 1. The predicted molar refractivity (Wildman–Crippen MR) is 101 cm³/mol. The molecule has 5 nitrogen and oxygen atoms in total. The molecule has 0 unspecified atom stereocenters. The average molecular weight is 366 g/mol. The van der Waals surface area contributed by atoms with Gasteiger partial charge in [0.05, 0.1) is 11.4 Å². The van der Waals surface area contributed by atoms with E-state index in [4.69, 9.17) is 0 Å². The summed E-state index contributed by atoms with van der Waals surface area (Å²) in [6.07, 6.45) is 0. The van der Waals surface area contributed by atoms with E-state index in [-0.39, 0.29) is 11.7 Å². The first kappa shape index (κ1) is 16.4. The minimum absolute atomic E-state index is 0.202. The van der Waals surface area contributed by atoms with Gasteiger partial charge < -0.3 is 4.90 Å². The Morgan fingerprint density at radius 3 is 2.46 bits per heavy atom. The van der Waals surface area contributed by atoms with Gasteiger partial charge in [-0.3, -0.25) is 9.79 Å². The Morgan fingerprint density at radius 2 is 1.73 bits per heavy atom. The fourth-order valence-electron chi connectivity index (χ4n) is 2.95. The number of rotatable bonds is 2. The number of fused-ring (bicyclic) bond motifs is 1. The van der Waals surface area contributed by atoms with Crippen molar-refractivity contribution in [2.75, 3.05) is 19.0 Å². The Bertz CT molecular complexity index is 1110. The molecule has 1 amide bonds. The lowest BCUT2D eigenvalue weighted by Gasteiger charge is -2.08. The van der Waals surface area contributed by atoms with E-state index in [1.54, 1.807) is 42.6 Å². The summed E-state index contributed by atoms with van der Waals surface area (Å²) in [5.41, 5.74) is 2.83. The van der Waals surface area contributed by atoms with Crippen molar-refractivity contribution in [1.82, 2.24) is 4.68 Å². The van der Waals surface area contributed by atoms with Gasteiger partial charge in [0.1, 0.15) is 5.82 Å². The molecule has 2 aromatic carbocycles. The van der Waals surface area contributed by atoms with E-state index in [1.807, 2.05) is 24.3 Å². The van der Waals surface area contributed by atoms with E-state index < -0.39 is 0 Å². The molecule has 0 fully saturated rings. The van der Waals surface area contributed by atoms with Gasteiger partial charge in [0.15, 0.2) is 5.71 Å². The molecule has 0 bridgehead atoms. The number of carbonyl (C=O) groups is 1.